The Hall–Kier alpha value is -2.05. The van der Waals surface area contributed by atoms with Crippen LogP contribution in [-0.2, 0) is 4.74 Å². The summed E-state index contributed by atoms with van der Waals surface area (Å²) in [5.74, 6) is 0.200. The van der Waals surface area contributed by atoms with E-state index in [0.717, 1.165) is 11.1 Å². The predicted molar refractivity (Wildman–Crippen MR) is 94.2 cm³/mol. The zero-order valence-electron chi connectivity index (χ0n) is 13.8. The number of rotatable bonds is 3. The molecule has 1 fully saturated rings. The van der Waals surface area contributed by atoms with Crippen molar-refractivity contribution in [2.75, 3.05) is 13.1 Å². The third kappa shape index (κ3) is 3.88. The number of aromatic hydroxyl groups is 1. The lowest BCUT2D eigenvalue weighted by molar-refractivity contribution is -0.0657. The maximum Gasteiger partial charge on any atom is 0.318 e. The van der Waals surface area contributed by atoms with Gasteiger partial charge in [-0.2, -0.15) is 11.3 Å². The monoisotopic (exact) mass is 346 g/mol. The molecule has 2 aromatic rings. The fourth-order valence-corrected chi connectivity index (χ4v) is 3.62. The first-order chi connectivity index (χ1) is 11.5. The van der Waals surface area contributed by atoms with Gasteiger partial charge in [0.1, 0.15) is 11.9 Å². The minimum Gasteiger partial charge on any atom is -0.508 e. The van der Waals surface area contributed by atoms with E-state index in [4.69, 9.17) is 4.74 Å². The van der Waals surface area contributed by atoms with E-state index < -0.39 is 0 Å². The quantitative estimate of drug-likeness (QED) is 0.891. The highest BCUT2D eigenvalue weighted by Crippen LogP contribution is 2.27. The smallest absolute Gasteiger partial charge is 0.318 e. The van der Waals surface area contributed by atoms with Crippen LogP contribution in [0.4, 0.5) is 4.79 Å². The number of nitrogens with zero attached hydrogens (tertiary/aromatic N) is 1. The molecule has 0 spiro atoms. The van der Waals surface area contributed by atoms with E-state index in [9.17, 15) is 9.90 Å². The van der Waals surface area contributed by atoms with Crippen LogP contribution in [0.15, 0.2) is 41.1 Å². The van der Waals surface area contributed by atoms with E-state index in [1.807, 2.05) is 31.4 Å². The lowest BCUT2D eigenvalue weighted by atomic mass is 10.1. The normalized spacial score (nSPS) is 22.2. The van der Waals surface area contributed by atoms with Crippen LogP contribution >= 0.6 is 11.3 Å². The molecule has 0 aliphatic carbocycles. The van der Waals surface area contributed by atoms with Crippen molar-refractivity contribution >= 4 is 17.4 Å². The van der Waals surface area contributed by atoms with Crippen LogP contribution < -0.4 is 5.32 Å². The van der Waals surface area contributed by atoms with Crippen molar-refractivity contribution < 1.29 is 14.6 Å². The van der Waals surface area contributed by atoms with Crippen LogP contribution in [-0.4, -0.2) is 35.2 Å². The van der Waals surface area contributed by atoms with Crippen LogP contribution in [0.25, 0.3) is 0 Å². The molecule has 1 aliphatic rings. The second kappa shape index (κ2) is 7.23. The standard InChI is InChI=1S/C18H22N2O3S/c1-12-9-20(10-17(23-12)15-6-7-24-11-15)18(22)19-13(2)14-4-3-5-16(21)8-14/h3-8,11-13,17,21H,9-10H2,1-2H3,(H,19,22)/t12-,13-,17+/m0/s1. The second-order valence-corrected chi connectivity index (χ2v) is 6.94. The number of phenolic OH excluding ortho intramolecular Hbond substituents is 1. The third-order valence-electron chi connectivity index (χ3n) is 4.17. The van der Waals surface area contributed by atoms with Gasteiger partial charge in [-0.15, -0.1) is 0 Å². The van der Waals surface area contributed by atoms with Crippen molar-refractivity contribution in [1.82, 2.24) is 10.2 Å². The lowest BCUT2D eigenvalue weighted by Crippen LogP contribution is -2.50. The van der Waals surface area contributed by atoms with Crippen molar-refractivity contribution in [1.29, 1.82) is 0 Å². The first-order valence-electron chi connectivity index (χ1n) is 8.05. The zero-order chi connectivity index (χ0) is 17.1. The Labute approximate surface area is 145 Å². The summed E-state index contributed by atoms with van der Waals surface area (Å²) in [6.07, 6.45) is -0.0905. The minimum absolute atomic E-state index is 0.00882. The van der Waals surface area contributed by atoms with Crippen molar-refractivity contribution in [2.45, 2.75) is 32.1 Å². The second-order valence-electron chi connectivity index (χ2n) is 6.16. The van der Waals surface area contributed by atoms with Crippen molar-refractivity contribution in [3.8, 4) is 5.75 Å². The number of phenols is 1. The van der Waals surface area contributed by atoms with Gasteiger partial charge in [0.15, 0.2) is 0 Å². The molecule has 1 aromatic heterocycles. The summed E-state index contributed by atoms with van der Waals surface area (Å²) in [6, 6.07) is 8.70. The zero-order valence-corrected chi connectivity index (χ0v) is 14.6. The highest BCUT2D eigenvalue weighted by Gasteiger charge is 2.30. The Bertz CT molecular complexity index is 689. The first-order valence-corrected chi connectivity index (χ1v) is 8.99. The van der Waals surface area contributed by atoms with E-state index in [-0.39, 0.29) is 30.0 Å². The highest BCUT2D eigenvalue weighted by molar-refractivity contribution is 7.07. The molecule has 0 bridgehead atoms. The molecule has 0 saturated carbocycles. The van der Waals surface area contributed by atoms with Gasteiger partial charge in [0.05, 0.1) is 18.7 Å². The predicted octanol–water partition coefficient (Wildman–Crippen LogP) is 3.69. The van der Waals surface area contributed by atoms with Crippen LogP contribution in [0.3, 0.4) is 0 Å². The molecule has 1 aliphatic heterocycles. The Kier molecular flexibility index (Phi) is 5.06. The van der Waals surface area contributed by atoms with Gasteiger partial charge in [0.2, 0.25) is 0 Å². The number of carbonyl (C=O) groups is 1. The summed E-state index contributed by atoms with van der Waals surface area (Å²) < 4.78 is 5.97. The Balaban J connectivity index is 1.65. The number of benzene rings is 1. The summed E-state index contributed by atoms with van der Waals surface area (Å²) in [7, 11) is 0. The van der Waals surface area contributed by atoms with E-state index in [0.29, 0.717) is 13.1 Å². The van der Waals surface area contributed by atoms with Crippen molar-refractivity contribution in [2.24, 2.45) is 0 Å². The van der Waals surface area contributed by atoms with Crippen LogP contribution in [0.2, 0.25) is 0 Å². The van der Waals surface area contributed by atoms with E-state index in [2.05, 4.69) is 10.7 Å². The summed E-state index contributed by atoms with van der Waals surface area (Å²) in [6.45, 7) is 5.00. The molecular weight excluding hydrogens is 324 g/mol. The maximum absolute atomic E-state index is 12.6. The molecular formula is C18H22N2O3S. The number of urea groups is 1. The van der Waals surface area contributed by atoms with Gasteiger partial charge in [0.25, 0.3) is 0 Å². The average molecular weight is 346 g/mol. The summed E-state index contributed by atoms with van der Waals surface area (Å²) >= 11 is 1.63. The Morgan fingerprint density at radius 3 is 2.96 bits per heavy atom. The molecule has 128 valence electrons. The molecule has 3 atom stereocenters. The highest BCUT2D eigenvalue weighted by atomic mass is 32.1. The van der Waals surface area contributed by atoms with Crippen molar-refractivity contribution in [3.63, 3.8) is 0 Å². The molecule has 2 N–H and O–H groups in total. The summed E-state index contributed by atoms with van der Waals surface area (Å²) in [4.78, 5) is 14.4. The first kappa shape index (κ1) is 16.8. The summed E-state index contributed by atoms with van der Waals surface area (Å²) in [5.41, 5.74) is 1.99. The number of hydrogen-bond acceptors (Lipinski definition) is 4. The van der Waals surface area contributed by atoms with E-state index in [1.54, 1.807) is 34.4 Å². The molecule has 5 nitrogen and oxygen atoms in total. The molecule has 1 aromatic carbocycles. The van der Waals surface area contributed by atoms with Crippen LogP contribution in [0, 0.1) is 0 Å². The number of ether oxygens (including phenoxy) is 1. The molecule has 2 heterocycles. The summed E-state index contributed by atoms with van der Waals surface area (Å²) in [5, 5.41) is 16.7. The van der Waals surface area contributed by atoms with Gasteiger partial charge in [-0.3, -0.25) is 0 Å². The van der Waals surface area contributed by atoms with E-state index >= 15 is 0 Å². The maximum atomic E-state index is 12.6. The molecule has 0 radical (unpaired) electrons. The van der Waals surface area contributed by atoms with Gasteiger partial charge >= 0.3 is 6.03 Å². The number of thiophene rings is 1. The third-order valence-corrected chi connectivity index (χ3v) is 4.87. The van der Waals surface area contributed by atoms with Crippen LogP contribution in [0.5, 0.6) is 5.75 Å². The SMILES string of the molecule is C[C@H](NC(=O)N1C[C@H](C)O[C@@H](c2ccsc2)C1)c1cccc(O)c1. The number of nitrogens with one attached hydrogen (secondary N) is 1. The Morgan fingerprint density at radius 1 is 1.42 bits per heavy atom. The molecule has 6 heteroatoms. The molecule has 24 heavy (non-hydrogen) atoms. The number of carbonyl (C=O) groups excluding carboxylic acids is 1. The van der Waals surface area contributed by atoms with E-state index in [1.165, 1.54) is 0 Å². The van der Waals surface area contributed by atoms with Gasteiger partial charge in [-0.25, -0.2) is 4.79 Å². The topological polar surface area (TPSA) is 61.8 Å². The average Bonchev–Trinajstić information content (AvgIpc) is 3.08. The number of morpholine rings is 1. The van der Waals surface area contributed by atoms with Gasteiger partial charge in [-0.05, 0) is 53.9 Å². The molecule has 1 saturated heterocycles. The van der Waals surface area contributed by atoms with Gasteiger partial charge < -0.3 is 20.1 Å². The fraction of sp³-hybridized carbons (Fsp3) is 0.389. The van der Waals surface area contributed by atoms with Crippen molar-refractivity contribution in [3.05, 3.63) is 52.2 Å². The van der Waals surface area contributed by atoms with Crippen LogP contribution in [0.1, 0.15) is 37.1 Å². The number of amides is 2. The Morgan fingerprint density at radius 2 is 2.25 bits per heavy atom. The molecule has 0 unspecified atom stereocenters. The van der Waals surface area contributed by atoms with Gasteiger partial charge in [0, 0.05) is 6.54 Å². The molecule has 2 amide bonds. The van der Waals surface area contributed by atoms with Gasteiger partial charge in [-0.1, -0.05) is 12.1 Å². The molecule has 3 rings (SSSR count). The fourth-order valence-electron chi connectivity index (χ4n) is 2.91. The lowest BCUT2D eigenvalue weighted by Gasteiger charge is -2.37. The minimum atomic E-state index is -0.178. The number of hydrogen-bond donors (Lipinski definition) is 2. The largest absolute Gasteiger partial charge is 0.508 e.